The maximum Gasteiger partial charge on any atom is 0.222 e. The molecule has 0 radical (unpaired) electrons. The molecular weight excluding hydrogens is 336 g/mol. The molecule has 0 N–H and O–H groups in total. The minimum Gasteiger partial charge on any atom is -0.492 e. The number of halogens is 1. The molecule has 1 atom stereocenters. The highest BCUT2D eigenvalue weighted by Crippen LogP contribution is 2.28. The summed E-state index contributed by atoms with van der Waals surface area (Å²) in [4.78, 5) is 16.4. The molecule has 0 aliphatic carbocycles. The SMILES string of the molecule is CCOc1ccc(CN2CCCC[C@H]2CCN2CCCC2=O)cc1Cl. The van der Waals surface area contributed by atoms with E-state index in [1.54, 1.807) is 0 Å². The van der Waals surface area contributed by atoms with Crippen molar-refractivity contribution in [3.8, 4) is 5.75 Å². The number of amides is 1. The van der Waals surface area contributed by atoms with Crippen LogP contribution >= 0.6 is 11.6 Å². The van der Waals surface area contributed by atoms with Gasteiger partial charge in [-0.2, -0.15) is 0 Å². The summed E-state index contributed by atoms with van der Waals surface area (Å²) >= 11 is 6.34. The Kier molecular flexibility index (Phi) is 6.60. The number of hydrogen-bond acceptors (Lipinski definition) is 3. The van der Waals surface area contributed by atoms with Crippen molar-refractivity contribution >= 4 is 17.5 Å². The summed E-state index contributed by atoms with van der Waals surface area (Å²) in [7, 11) is 0. The zero-order valence-corrected chi connectivity index (χ0v) is 15.9. The Hall–Kier alpha value is -1.26. The summed E-state index contributed by atoms with van der Waals surface area (Å²) in [5, 5.41) is 0.690. The van der Waals surface area contributed by atoms with E-state index in [-0.39, 0.29) is 0 Å². The second kappa shape index (κ2) is 8.91. The van der Waals surface area contributed by atoms with Crippen molar-refractivity contribution in [2.45, 2.75) is 58.0 Å². The Labute approximate surface area is 156 Å². The van der Waals surface area contributed by atoms with E-state index in [1.165, 1.54) is 24.8 Å². The third kappa shape index (κ3) is 4.89. The van der Waals surface area contributed by atoms with Crippen molar-refractivity contribution in [1.82, 2.24) is 9.80 Å². The van der Waals surface area contributed by atoms with Gasteiger partial charge in [-0.05, 0) is 56.8 Å². The molecule has 5 heteroatoms. The van der Waals surface area contributed by atoms with Gasteiger partial charge in [0.25, 0.3) is 0 Å². The summed E-state index contributed by atoms with van der Waals surface area (Å²) in [5.74, 6) is 1.09. The lowest BCUT2D eigenvalue weighted by Crippen LogP contribution is -2.41. The highest BCUT2D eigenvalue weighted by atomic mass is 35.5. The first-order valence-electron chi connectivity index (χ1n) is 9.60. The van der Waals surface area contributed by atoms with Crippen LogP contribution in [0.15, 0.2) is 18.2 Å². The minimum absolute atomic E-state index is 0.334. The van der Waals surface area contributed by atoms with Gasteiger partial charge in [0.05, 0.1) is 11.6 Å². The number of nitrogens with zero attached hydrogens (tertiary/aromatic N) is 2. The Morgan fingerprint density at radius 3 is 2.84 bits per heavy atom. The van der Waals surface area contributed by atoms with E-state index in [9.17, 15) is 4.79 Å². The topological polar surface area (TPSA) is 32.8 Å². The molecule has 4 nitrogen and oxygen atoms in total. The number of carbonyl (C=O) groups is 1. The first-order chi connectivity index (χ1) is 12.2. The molecular formula is C20H29ClN2O2. The van der Waals surface area contributed by atoms with Crippen LogP contribution in [-0.4, -0.2) is 48.0 Å². The number of hydrogen-bond donors (Lipinski definition) is 0. The van der Waals surface area contributed by atoms with Crippen molar-refractivity contribution in [1.29, 1.82) is 0 Å². The van der Waals surface area contributed by atoms with Crippen LogP contribution in [0.4, 0.5) is 0 Å². The van der Waals surface area contributed by atoms with Crippen molar-refractivity contribution in [3.63, 3.8) is 0 Å². The fraction of sp³-hybridized carbons (Fsp3) is 0.650. The van der Waals surface area contributed by atoms with Crippen molar-refractivity contribution in [3.05, 3.63) is 28.8 Å². The summed E-state index contributed by atoms with van der Waals surface area (Å²) in [6, 6.07) is 6.69. The predicted molar refractivity (Wildman–Crippen MR) is 101 cm³/mol. The molecule has 0 aromatic heterocycles. The molecule has 0 saturated carbocycles. The van der Waals surface area contributed by atoms with E-state index in [0.717, 1.165) is 51.2 Å². The monoisotopic (exact) mass is 364 g/mol. The number of carbonyl (C=O) groups excluding carboxylic acids is 1. The average Bonchev–Trinajstić information content (AvgIpc) is 3.02. The van der Waals surface area contributed by atoms with E-state index < -0.39 is 0 Å². The van der Waals surface area contributed by atoms with Gasteiger partial charge in [0, 0.05) is 32.1 Å². The van der Waals surface area contributed by atoms with Gasteiger partial charge in [-0.15, -0.1) is 0 Å². The lowest BCUT2D eigenvalue weighted by molar-refractivity contribution is -0.127. The molecule has 0 bridgehead atoms. The Balaban J connectivity index is 1.58. The second-order valence-electron chi connectivity index (χ2n) is 7.09. The summed E-state index contributed by atoms with van der Waals surface area (Å²) < 4.78 is 5.53. The van der Waals surface area contributed by atoms with E-state index in [0.29, 0.717) is 23.6 Å². The van der Waals surface area contributed by atoms with Crippen molar-refractivity contribution in [2.75, 3.05) is 26.2 Å². The highest BCUT2D eigenvalue weighted by Gasteiger charge is 2.26. The smallest absolute Gasteiger partial charge is 0.222 e. The number of rotatable bonds is 7. The first-order valence-corrected chi connectivity index (χ1v) is 9.98. The van der Waals surface area contributed by atoms with E-state index >= 15 is 0 Å². The average molecular weight is 365 g/mol. The van der Waals surface area contributed by atoms with E-state index in [4.69, 9.17) is 16.3 Å². The van der Waals surface area contributed by atoms with Crippen molar-refractivity contribution < 1.29 is 9.53 Å². The first kappa shape index (κ1) is 18.5. The predicted octanol–water partition coefficient (Wildman–Crippen LogP) is 4.11. The number of piperidine rings is 1. The van der Waals surface area contributed by atoms with E-state index in [1.807, 2.05) is 24.0 Å². The molecule has 2 heterocycles. The molecule has 0 unspecified atom stereocenters. The molecule has 0 spiro atoms. The van der Waals surface area contributed by atoms with Gasteiger partial charge in [0.1, 0.15) is 5.75 Å². The van der Waals surface area contributed by atoms with Gasteiger partial charge in [0.15, 0.2) is 0 Å². The lowest BCUT2D eigenvalue weighted by Gasteiger charge is -2.36. The highest BCUT2D eigenvalue weighted by molar-refractivity contribution is 6.32. The van der Waals surface area contributed by atoms with Crippen LogP contribution in [-0.2, 0) is 11.3 Å². The third-order valence-corrected chi connectivity index (χ3v) is 5.63. The summed E-state index contributed by atoms with van der Waals surface area (Å²) in [5.41, 5.74) is 1.23. The molecule has 1 aromatic carbocycles. The fourth-order valence-corrected chi connectivity index (χ4v) is 4.25. The minimum atomic E-state index is 0.334. The van der Waals surface area contributed by atoms with Crippen LogP contribution in [0.2, 0.25) is 5.02 Å². The van der Waals surface area contributed by atoms with Gasteiger partial charge in [-0.1, -0.05) is 24.1 Å². The van der Waals surface area contributed by atoms with Crippen LogP contribution in [0.3, 0.4) is 0 Å². The van der Waals surface area contributed by atoms with Crippen molar-refractivity contribution in [2.24, 2.45) is 0 Å². The Bertz CT molecular complexity index is 593. The zero-order chi connectivity index (χ0) is 17.6. The molecule has 2 aliphatic heterocycles. The van der Waals surface area contributed by atoms with Gasteiger partial charge in [0.2, 0.25) is 5.91 Å². The largest absolute Gasteiger partial charge is 0.492 e. The maximum absolute atomic E-state index is 11.8. The van der Waals surface area contributed by atoms with Gasteiger partial charge in [-0.3, -0.25) is 9.69 Å². The molecule has 1 amide bonds. The van der Waals surface area contributed by atoms with Crippen LogP contribution in [0.5, 0.6) is 5.75 Å². The Morgan fingerprint density at radius 2 is 2.12 bits per heavy atom. The van der Waals surface area contributed by atoms with Crippen LogP contribution in [0.1, 0.15) is 51.0 Å². The number of likely N-dealkylation sites (tertiary alicyclic amines) is 2. The van der Waals surface area contributed by atoms with Crippen LogP contribution in [0, 0.1) is 0 Å². The van der Waals surface area contributed by atoms with Gasteiger partial charge < -0.3 is 9.64 Å². The molecule has 2 aliphatic rings. The normalized spacial score (nSPS) is 21.8. The number of benzene rings is 1. The van der Waals surface area contributed by atoms with Gasteiger partial charge >= 0.3 is 0 Å². The number of ether oxygens (including phenoxy) is 1. The molecule has 3 rings (SSSR count). The summed E-state index contributed by atoms with van der Waals surface area (Å²) in [6.07, 6.45) is 6.61. The molecule has 138 valence electrons. The molecule has 2 fully saturated rings. The second-order valence-corrected chi connectivity index (χ2v) is 7.50. The van der Waals surface area contributed by atoms with Crippen LogP contribution < -0.4 is 4.74 Å². The quantitative estimate of drug-likeness (QED) is 0.730. The Morgan fingerprint density at radius 1 is 1.24 bits per heavy atom. The van der Waals surface area contributed by atoms with E-state index in [2.05, 4.69) is 11.0 Å². The molecule has 25 heavy (non-hydrogen) atoms. The molecule has 1 aromatic rings. The standard InChI is InChI=1S/C20H29ClN2O2/c1-2-25-19-9-8-16(14-18(19)21)15-23-11-4-3-6-17(23)10-13-22-12-5-7-20(22)24/h8-9,14,17H,2-7,10-13,15H2,1H3/t17-/m0/s1. The zero-order valence-electron chi connectivity index (χ0n) is 15.2. The van der Waals surface area contributed by atoms with Gasteiger partial charge in [-0.25, -0.2) is 0 Å². The fourth-order valence-electron chi connectivity index (χ4n) is 3.99. The lowest BCUT2D eigenvalue weighted by atomic mass is 9.98. The maximum atomic E-state index is 11.8. The van der Waals surface area contributed by atoms with Crippen LogP contribution in [0.25, 0.3) is 0 Å². The summed E-state index contributed by atoms with van der Waals surface area (Å²) in [6.45, 7) is 6.49. The molecule has 2 saturated heterocycles. The third-order valence-electron chi connectivity index (χ3n) is 5.33.